The van der Waals surface area contributed by atoms with Crippen LogP contribution in [0, 0.1) is 12.7 Å². The molecule has 4 aromatic rings. The number of halogens is 1. The van der Waals surface area contributed by atoms with Crippen molar-refractivity contribution in [2.24, 2.45) is 0 Å². The highest BCUT2D eigenvalue weighted by atomic mass is 32.1. The van der Waals surface area contributed by atoms with Crippen LogP contribution >= 0.6 is 11.3 Å². The van der Waals surface area contributed by atoms with Crippen molar-refractivity contribution >= 4 is 33.2 Å². The predicted octanol–water partition coefficient (Wildman–Crippen LogP) is 6.50. The average molecular weight is 560 g/mol. The van der Waals surface area contributed by atoms with Gasteiger partial charge < -0.3 is 15.0 Å². The number of ether oxygens (including phenoxy) is 1. The van der Waals surface area contributed by atoms with Gasteiger partial charge in [-0.25, -0.2) is 4.39 Å². The van der Waals surface area contributed by atoms with Crippen molar-refractivity contribution in [3.05, 3.63) is 88.2 Å². The zero-order valence-corrected chi connectivity index (χ0v) is 23.6. The van der Waals surface area contributed by atoms with Crippen molar-refractivity contribution in [3.63, 3.8) is 0 Å². The number of hydrogen-bond acceptors (Lipinski definition) is 6. The van der Waals surface area contributed by atoms with E-state index in [1.165, 1.54) is 36.7 Å². The van der Waals surface area contributed by atoms with Crippen molar-refractivity contribution in [1.82, 2.24) is 15.2 Å². The largest absolute Gasteiger partial charge is 0.456 e. The summed E-state index contributed by atoms with van der Waals surface area (Å²) in [6, 6.07) is 15.7. The third-order valence-electron chi connectivity index (χ3n) is 7.13. The maximum absolute atomic E-state index is 14.0. The number of nitrogens with one attached hydrogen (secondary N) is 1. The first-order chi connectivity index (χ1) is 19.4. The molecule has 1 saturated heterocycles. The zero-order valence-electron chi connectivity index (χ0n) is 22.7. The highest BCUT2D eigenvalue weighted by molar-refractivity contribution is 7.21. The van der Waals surface area contributed by atoms with Crippen molar-refractivity contribution in [3.8, 4) is 11.5 Å². The van der Waals surface area contributed by atoms with E-state index in [1.807, 2.05) is 31.2 Å². The molecule has 3 heterocycles. The summed E-state index contributed by atoms with van der Waals surface area (Å²) in [5.41, 5.74) is 2.90. The number of amides is 1. The molecule has 0 saturated carbocycles. The number of hydrogen-bond donors (Lipinski definition) is 1. The van der Waals surface area contributed by atoms with Gasteiger partial charge >= 0.3 is 0 Å². The van der Waals surface area contributed by atoms with Crippen LogP contribution in [-0.2, 0) is 17.6 Å². The monoisotopic (exact) mass is 559 g/mol. The Balaban J connectivity index is 1.16. The Kier molecular flexibility index (Phi) is 9.19. The van der Waals surface area contributed by atoms with Gasteiger partial charge in [-0.05, 0) is 81.2 Å². The minimum atomic E-state index is -0.353. The van der Waals surface area contributed by atoms with Crippen molar-refractivity contribution in [2.75, 3.05) is 26.2 Å². The van der Waals surface area contributed by atoms with Crippen LogP contribution in [0.3, 0.4) is 0 Å². The number of piperidine rings is 1. The van der Waals surface area contributed by atoms with Crippen LogP contribution in [0.15, 0.2) is 60.8 Å². The lowest BCUT2D eigenvalue weighted by molar-refractivity contribution is -0.117. The smallest absolute Gasteiger partial charge is 0.261 e. The highest BCUT2D eigenvalue weighted by Gasteiger charge is 2.16. The molecule has 5 rings (SSSR count). The topological polar surface area (TPSA) is 71.5 Å². The number of benzene rings is 2. The number of Topliss-reactive ketones (excluding diaryl/α,β-unsaturated/α-hetero) is 1. The van der Waals surface area contributed by atoms with E-state index in [0.717, 1.165) is 41.9 Å². The maximum atomic E-state index is 14.0. The number of aromatic nitrogens is 1. The summed E-state index contributed by atoms with van der Waals surface area (Å²) in [5, 5.41) is 3.04. The fraction of sp³-hybridized carbons (Fsp3) is 0.344. The standard InChI is InChI=1S/C32H34FN3O3S/c1-22-6-11-27(33)24(18-22)20-25(37)19-23-7-9-26(10-8-23)39-29-12-14-34-28-21-30(40-31(28)29)32(38)35-13-5-17-36-15-3-2-4-16-36/h6-12,14,18,21H,2-5,13,15-17,19-20H2,1H3,(H,35,38). The molecule has 2 aromatic heterocycles. The number of nitrogens with zero attached hydrogens (tertiary/aromatic N) is 2. The molecule has 208 valence electrons. The van der Waals surface area contributed by atoms with Crippen molar-refractivity contribution < 1.29 is 18.7 Å². The molecule has 6 nitrogen and oxygen atoms in total. The molecule has 1 N–H and O–H groups in total. The first-order valence-corrected chi connectivity index (χ1v) is 14.7. The Morgan fingerprint density at radius 2 is 1.82 bits per heavy atom. The zero-order chi connectivity index (χ0) is 27.9. The SMILES string of the molecule is Cc1ccc(F)c(CC(=O)Cc2ccc(Oc3ccnc4cc(C(=O)NCCCN5CCCCC5)sc34)cc2)c1. The van der Waals surface area contributed by atoms with Gasteiger partial charge in [0.15, 0.2) is 0 Å². The van der Waals surface area contributed by atoms with Gasteiger partial charge in [-0.2, -0.15) is 0 Å². The lowest BCUT2D eigenvalue weighted by atomic mass is 10.0. The second kappa shape index (κ2) is 13.2. The van der Waals surface area contributed by atoms with Crippen LogP contribution in [0.2, 0.25) is 0 Å². The lowest BCUT2D eigenvalue weighted by Gasteiger charge is -2.26. The number of aryl methyl sites for hydroxylation is 1. The predicted molar refractivity (Wildman–Crippen MR) is 157 cm³/mol. The van der Waals surface area contributed by atoms with Gasteiger partial charge in [-0.1, -0.05) is 36.2 Å². The molecule has 0 aliphatic carbocycles. The average Bonchev–Trinajstić information content (AvgIpc) is 3.40. The fourth-order valence-corrected chi connectivity index (χ4v) is 6.01. The first-order valence-electron chi connectivity index (χ1n) is 13.9. The van der Waals surface area contributed by atoms with Gasteiger partial charge in [0.1, 0.15) is 23.1 Å². The highest BCUT2D eigenvalue weighted by Crippen LogP contribution is 2.35. The summed E-state index contributed by atoms with van der Waals surface area (Å²) in [6.45, 7) is 5.87. The Labute approximate surface area is 238 Å². The molecule has 0 unspecified atom stereocenters. The van der Waals surface area contributed by atoms with Crippen LogP contribution in [0.25, 0.3) is 10.2 Å². The van der Waals surface area contributed by atoms with Crippen molar-refractivity contribution in [2.45, 2.75) is 45.4 Å². The van der Waals surface area contributed by atoms with Gasteiger partial charge in [0, 0.05) is 31.6 Å². The summed E-state index contributed by atoms with van der Waals surface area (Å²) in [7, 11) is 0. The normalized spacial score (nSPS) is 13.8. The number of rotatable bonds is 11. The van der Waals surface area contributed by atoms with Crippen LogP contribution in [0.5, 0.6) is 11.5 Å². The van der Waals surface area contributed by atoms with Gasteiger partial charge in [0.25, 0.3) is 5.91 Å². The molecular formula is C32H34FN3O3S. The Morgan fingerprint density at radius 1 is 1.02 bits per heavy atom. The lowest BCUT2D eigenvalue weighted by Crippen LogP contribution is -2.33. The molecular weight excluding hydrogens is 525 g/mol. The second-order valence-electron chi connectivity index (χ2n) is 10.4. The molecule has 1 aliphatic rings. The molecule has 8 heteroatoms. The second-order valence-corrected chi connectivity index (χ2v) is 11.4. The van der Waals surface area contributed by atoms with E-state index in [9.17, 15) is 14.0 Å². The van der Waals surface area contributed by atoms with E-state index in [0.29, 0.717) is 34.0 Å². The van der Waals surface area contributed by atoms with E-state index in [4.69, 9.17) is 4.74 Å². The van der Waals surface area contributed by atoms with Crippen LogP contribution in [-0.4, -0.2) is 47.8 Å². The van der Waals surface area contributed by atoms with Crippen molar-refractivity contribution in [1.29, 1.82) is 0 Å². The summed E-state index contributed by atoms with van der Waals surface area (Å²) >= 11 is 1.37. The van der Waals surface area contributed by atoms with Crippen LogP contribution < -0.4 is 10.1 Å². The van der Waals surface area contributed by atoms with E-state index in [1.54, 1.807) is 30.5 Å². The van der Waals surface area contributed by atoms with Gasteiger partial charge in [0.2, 0.25) is 0 Å². The van der Waals surface area contributed by atoms with E-state index < -0.39 is 0 Å². The van der Waals surface area contributed by atoms with Crippen LogP contribution in [0.1, 0.15) is 52.0 Å². The van der Waals surface area contributed by atoms with E-state index >= 15 is 0 Å². The quantitative estimate of drug-likeness (QED) is 0.213. The number of carbonyl (C=O) groups excluding carboxylic acids is 2. The van der Waals surface area contributed by atoms with Gasteiger partial charge in [-0.3, -0.25) is 14.6 Å². The summed E-state index contributed by atoms with van der Waals surface area (Å²) in [5.74, 6) is 0.744. The molecule has 0 atom stereocenters. The molecule has 1 aliphatic heterocycles. The minimum absolute atomic E-state index is 0.0510. The Morgan fingerprint density at radius 3 is 2.62 bits per heavy atom. The summed E-state index contributed by atoms with van der Waals surface area (Å²) in [6.07, 6.45) is 6.75. The number of ketones is 1. The molecule has 2 aromatic carbocycles. The first kappa shape index (κ1) is 27.9. The number of pyridine rings is 1. The molecule has 1 fully saturated rings. The molecule has 1 amide bonds. The molecule has 0 radical (unpaired) electrons. The maximum Gasteiger partial charge on any atom is 0.261 e. The molecule has 0 bridgehead atoms. The van der Waals surface area contributed by atoms with Gasteiger partial charge in [-0.15, -0.1) is 11.3 Å². The summed E-state index contributed by atoms with van der Waals surface area (Å²) < 4.78 is 21.0. The number of likely N-dealkylation sites (tertiary alicyclic amines) is 1. The number of fused-ring (bicyclic) bond motifs is 1. The van der Waals surface area contributed by atoms with Gasteiger partial charge in [0.05, 0.1) is 15.1 Å². The molecule has 40 heavy (non-hydrogen) atoms. The van der Waals surface area contributed by atoms with E-state index in [2.05, 4.69) is 15.2 Å². The van der Waals surface area contributed by atoms with Crippen LogP contribution in [0.4, 0.5) is 4.39 Å². The fourth-order valence-electron chi connectivity index (χ4n) is 5.03. The Bertz CT molecular complexity index is 1480. The number of carbonyl (C=O) groups is 2. The Hall–Kier alpha value is -3.62. The summed E-state index contributed by atoms with van der Waals surface area (Å²) in [4.78, 5) is 32.8. The third-order valence-corrected chi connectivity index (χ3v) is 8.26. The number of thiophene rings is 1. The minimum Gasteiger partial charge on any atom is -0.456 e. The third kappa shape index (κ3) is 7.31. The van der Waals surface area contributed by atoms with E-state index in [-0.39, 0.29) is 30.3 Å². The molecule has 0 spiro atoms.